The zero-order valence-corrected chi connectivity index (χ0v) is 16.9. The van der Waals surface area contributed by atoms with Crippen LogP contribution in [0.2, 0.25) is 0 Å². The lowest BCUT2D eigenvalue weighted by atomic mass is 9.89. The molecule has 27 heavy (non-hydrogen) atoms. The monoisotopic (exact) mass is 374 g/mol. The summed E-state index contributed by atoms with van der Waals surface area (Å²) in [5.74, 6) is 0.198. The number of aromatic nitrogens is 2. The molecular weight excluding hydrogens is 344 g/mol. The van der Waals surface area contributed by atoms with Crippen LogP contribution in [-0.2, 0) is 16.6 Å². The Morgan fingerprint density at radius 3 is 2.63 bits per heavy atom. The summed E-state index contributed by atoms with van der Waals surface area (Å²) in [6.45, 7) is 8.67. The highest BCUT2D eigenvalue weighted by molar-refractivity contribution is 5.93. The summed E-state index contributed by atoms with van der Waals surface area (Å²) in [5, 5.41) is 14.4. The van der Waals surface area contributed by atoms with E-state index in [2.05, 4.69) is 5.10 Å². The maximum atomic E-state index is 13.1. The second-order valence-electron chi connectivity index (χ2n) is 8.19. The summed E-state index contributed by atoms with van der Waals surface area (Å²) in [5.41, 5.74) is 2.26. The van der Waals surface area contributed by atoms with Crippen LogP contribution in [0.5, 0.6) is 0 Å². The molecule has 2 fully saturated rings. The average molecular weight is 374 g/mol. The zero-order valence-electron chi connectivity index (χ0n) is 16.9. The Hall–Kier alpha value is -2.15. The third kappa shape index (κ3) is 3.40. The van der Waals surface area contributed by atoms with Crippen LogP contribution in [0.25, 0.3) is 6.08 Å². The van der Waals surface area contributed by atoms with E-state index in [0.29, 0.717) is 19.5 Å². The third-order valence-electron chi connectivity index (χ3n) is 6.29. The minimum atomic E-state index is -0.595. The van der Waals surface area contributed by atoms with Crippen LogP contribution in [-0.4, -0.2) is 67.8 Å². The number of rotatable bonds is 3. The van der Waals surface area contributed by atoms with E-state index in [4.69, 9.17) is 0 Å². The molecule has 0 saturated carbocycles. The number of likely N-dealkylation sites (tertiary alicyclic amines) is 2. The Balaban J connectivity index is 1.84. The summed E-state index contributed by atoms with van der Waals surface area (Å²) in [7, 11) is 1.89. The molecule has 0 radical (unpaired) electrons. The van der Waals surface area contributed by atoms with Gasteiger partial charge in [-0.3, -0.25) is 14.3 Å². The minimum Gasteiger partial charge on any atom is -0.394 e. The molecule has 0 aromatic carbocycles. The second-order valence-corrected chi connectivity index (χ2v) is 8.19. The first-order valence-corrected chi connectivity index (χ1v) is 9.56. The Labute approximate surface area is 160 Å². The average Bonchev–Trinajstić information content (AvgIpc) is 3.05. The van der Waals surface area contributed by atoms with Crippen molar-refractivity contribution in [1.29, 1.82) is 0 Å². The third-order valence-corrected chi connectivity index (χ3v) is 6.29. The number of aliphatic hydroxyl groups excluding tert-OH is 1. The van der Waals surface area contributed by atoms with Gasteiger partial charge in [-0.2, -0.15) is 5.10 Å². The van der Waals surface area contributed by atoms with E-state index in [1.165, 1.54) is 0 Å². The number of carbonyl (C=O) groups is 2. The number of piperidine rings is 1. The first-order chi connectivity index (χ1) is 12.7. The van der Waals surface area contributed by atoms with Gasteiger partial charge in [0.1, 0.15) is 0 Å². The topological polar surface area (TPSA) is 78.7 Å². The quantitative estimate of drug-likeness (QED) is 0.808. The van der Waals surface area contributed by atoms with E-state index in [0.717, 1.165) is 23.4 Å². The van der Waals surface area contributed by atoms with Crippen molar-refractivity contribution in [2.45, 2.75) is 52.1 Å². The lowest BCUT2D eigenvalue weighted by Crippen LogP contribution is -2.53. The van der Waals surface area contributed by atoms with Gasteiger partial charge < -0.3 is 14.9 Å². The van der Waals surface area contributed by atoms with Gasteiger partial charge in [0.25, 0.3) is 0 Å². The molecule has 1 N–H and O–H groups in total. The molecule has 2 aliphatic heterocycles. The maximum absolute atomic E-state index is 13.1. The standard InChI is InChI=1S/C20H30N4O3/c1-13-17(14(2)22(5)21-13)6-7-19(27)24-18-8-9-23(15(3)26)11-16(18)10-20(24,4)12-25/h6-7,16,18,25H,8-12H2,1-5H3/b7-6+/t16-,18-,20+/m0/s1. The molecule has 0 bridgehead atoms. The van der Waals surface area contributed by atoms with E-state index >= 15 is 0 Å². The van der Waals surface area contributed by atoms with E-state index in [-0.39, 0.29) is 30.4 Å². The number of amides is 2. The Kier molecular flexibility index (Phi) is 5.16. The summed E-state index contributed by atoms with van der Waals surface area (Å²) >= 11 is 0. The largest absolute Gasteiger partial charge is 0.394 e. The predicted octanol–water partition coefficient (Wildman–Crippen LogP) is 1.27. The van der Waals surface area contributed by atoms with Gasteiger partial charge in [0, 0.05) is 50.4 Å². The van der Waals surface area contributed by atoms with Gasteiger partial charge in [-0.1, -0.05) is 0 Å². The molecule has 0 aliphatic carbocycles. The van der Waals surface area contributed by atoms with Crippen molar-refractivity contribution in [1.82, 2.24) is 19.6 Å². The predicted molar refractivity (Wildman–Crippen MR) is 103 cm³/mol. The first-order valence-electron chi connectivity index (χ1n) is 9.56. The highest BCUT2D eigenvalue weighted by Gasteiger charge is 2.52. The first kappa shape index (κ1) is 19.6. The maximum Gasteiger partial charge on any atom is 0.247 e. The smallest absolute Gasteiger partial charge is 0.247 e. The molecule has 7 nitrogen and oxygen atoms in total. The van der Waals surface area contributed by atoms with E-state index < -0.39 is 5.54 Å². The highest BCUT2D eigenvalue weighted by Crippen LogP contribution is 2.42. The summed E-state index contributed by atoms with van der Waals surface area (Å²) < 4.78 is 1.81. The van der Waals surface area contributed by atoms with Crippen LogP contribution in [0.3, 0.4) is 0 Å². The Bertz CT molecular complexity index is 784. The summed E-state index contributed by atoms with van der Waals surface area (Å²) in [6, 6.07) is 0.0611. The van der Waals surface area contributed by atoms with Crippen molar-refractivity contribution in [3.63, 3.8) is 0 Å². The molecule has 0 spiro atoms. The van der Waals surface area contributed by atoms with Crippen LogP contribution < -0.4 is 0 Å². The summed E-state index contributed by atoms with van der Waals surface area (Å²) in [6.07, 6.45) is 4.90. The molecular formula is C20H30N4O3. The van der Waals surface area contributed by atoms with Crippen molar-refractivity contribution < 1.29 is 14.7 Å². The van der Waals surface area contributed by atoms with Gasteiger partial charge in [-0.25, -0.2) is 0 Å². The molecule has 3 atom stereocenters. The van der Waals surface area contributed by atoms with Crippen molar-refractivity contribution in [2.75, 3.05) is 19.7 Å². The number of aryl methyl sites for hydroxylation is 2. The minimum absolute atomic E-state index is 0.0611. The number of aliphatic hydroxyl groups is 1. The van der Waals surface area contributed by atoms with Crippen LogP contribution in [0.4, 0.5) is 0 Å². The van der Waals surface area contributed by atoms with Gasteiger partial charge in [0.05, 0.1) is 17.8 Å². The van der Waals surface area contributed by atoms with E-state index in [1.54, 1.807) is 17.7 Å². The number of fused-ring (bicyclic) bond motifs is 1. The molecule has 2 amide bonds. The van der Waals surface area contributed by atoms with Gasteiger partial charge in [0.15, 0.2) is 0 Å². The molecule has 1 aromatic heterocycles. The fraction of sp³-hybridized carbons (Fsp3) is 0.650. The van der Waals surface area contributed by atoms with Crippen LogP contribution in [0.15, 0.2) is 6.08 Å². The Morgan fingerprint density at radius 1 is 1.37 bits per heavy atom. The molecule has 1 aromatic rings. The zero-order chi connectivity index (χ0) is 19.9. The molecule has 0 unspecified atom stereocenters. The summed E-state index contributed by atoms with van der Waals surface area (Å²) in [4.78, 5) is 28.6. The SMILES string of the molecule is CC(=O)N1CC[C@H]2[C@H](C1)C[C@](C)(CO)N2C(=O)/C=C/c1c(C)nn(C)c1C. The van der Waals surface area contributed by atoms with E-state index in [1.807, 2.05) is 43.7 Å². The number of hydrogen-bond acceptors (Lipinski definition) is 4. The number of hydrogen-bond donors (Lipinski definition) is 1. The molecule has 3 rings (SSSR count). The van der Waals surface area contributed by atoms with Crippen molar-refractivity contribution >= 4 is 17.9 Å². The van der Waals surface area contributed by atoms with Crippen LogP contribution in [0, 0.1) is 19.8 Å². The van der Waals surface area contributed by atoms with Crippen LogP contribution in [0.1, 0.15) is 43.6 Å². The van der Waals surface area contributed by atoms with E-state index in [9.17, 15) is 14.7 Å². The molecule has 3 heterocycles. The second kappa shape index (κ2) is 7.11. The van der Waals surface area contributed by atoms with Gasteiger partial charge >= 0.3 is 0 Å². The molecule has 2 aliphatic rings. The molecule has 148 valence electrons. The molecule has 2 saturated heterocycles. The lowest BCUT2D eigenvalue weighted by molar-refractivity contribution is -0.135. The van der Waals surface area contributed by atoms with Crippen molar-refractivity contribution in [3.05, 3.63) is 23.0 Å². The molecule has 7 heteroatoms. The number of carbonyl (C=O) groups excluding carboxylic acids is 2. The van der Waals surface area contributed by atoms with Crippen molar-refractivity contribution in [3.8, 4) is 0 Å². The lowest BCUT2D eigenvalue weighted by Gasteiger charge is -2.40. The van der Waals surface area contributed by atoms with Gasteiger partial charge in [-0.15, -0.1) is 0 Å². The number of nitrogens with zero attached hydrogens (tertiary/aromatic N) is 4. The van der Waals surface area contributed by atoms with Crippen LogP contribution >= 0.6 is 0 Å². The van der Waals surface area contributed by atoms with Crippen molar-refractivity contribution in [2.24, 2.45) is 13.0 Å². The van der Waals surface area contributed by atoms with Gasteiger partial charge in [0.2, 0.25) is 11.8 Å². The fourth-order valence-electron chi connectivity index (χ4n) is 4.75. The Morgan fingerprint density at radius 2 is 2.07 bits per heavy atom. The van der Waals surface area contributed by atoms with Gasteiger partial charge in [-0.05, 0) is 45.6 Å². The highest BCUT2D eigenvalue weighted by atomic mass is 16.3. The fourth-order valence-corrected chi connectivity index (χ4v) is 4.75. The normalized spacial score (nSPS) is 28.1.